The Morgan fingerprint density at radius 1 is 1.35 bits per heavy atom. The highest BCUT2D eigenvalue weighted by molar-refractivity contribution is 7.17. The molecule has 1 amide bonds. The van der Waals surface area contributed by atoms with E-state index in [9.17, 15) is 4.79 Å². The van der Waals surface area contributed by atoms with E-state index < -0.39 is 0 Å². The summed E-state index contributed by atoms with van der Waals surface area (Å²) in [7, 11) is 1.72. The first kappa shape index (κ1) is 10.7. The molecular weight excluding hydrogens is 232 g/mol. The summed E-state index contributed by atoms with van der Waals surface area (Å²) in [5.74, 6) is 0.0866. The molecule has 0 bridgehead atoms. The Morgan fingerprint density at radius 3 is 2.82 bits per heavy atom. The van der Waals surface area contributed by atoms with Crippen LogP contribution in [0.3, 0.4) is 0 Å². The lowest BCUT2D eigenvalue weighted by Gasteiger charge is -2.14. The van der Waals surface area contributed by atoms with E-state index >= 15 is 0 Å². The molecule has 88 valence electrons. The molecule has 1 aliphatic carbocycles. The van der Waals surface area contributed by atoms with Crippen molar-refractivity contribution >= 4 is 27.3 Å². The van der Waals surface area contributed by atoms with Crippen molar-refractivity contribution in [3.05, 3.63) is 35.2 Å². The molecule has 1 heterocycles. The van der Waals surface area contributed by atoms with Crippen molar-refractivity contribution in [1.82, 2.24) is 10.9 Å². The van der Waals surface area contributed by atoms with Gasteiger partial charge in [-0.2, -0.15) is 0 Å². The van der Waals surface area contributed by atoms with E-state index in [1.807, 2.05) is 12.1 Å². The molecule has 1 aliphatic rings. The van der Waals surface area contributed by atoms with Crippen LogP contribution in [0, 0.1) is 0 Å². The molecule has 3 rings (SSSR count). The molecule has 1 aromatic heterocycles. The van der Waals surface area contributed by atoms with Gasteiger partial charge in [0.15, 0.2) is 0 Å². The molecule has 4 heteroatoms. The molecular formula is C13H14N2OS. The van der Waals surface area contributed by atoms with Crippen molar-refractivity contribution < 1.29 is 4.79 Å². The topological polar surface area (TPSA) is 41.1 Å². The molecule has 0 radical (unpaired) electrons. The Kier molecular flexibility index (Phi) is 2.42. The minimum absolute atomic E-state index is 0.0866. The zero-order valence-electron chi connectivity index (χ0n) is 9.62. The second kappa shape index (κ2) is 3.82. The fourth-order valence-corrected chi connectivity index (χ4v) is 3.38. The Bertz CT molecular complexity index is 572. The van der Waals surface area contributed by atoms with Gasteiger partial charge in [-0.05, 0) is 35.2 Å². The number of thiophene rings is 1. The SMILES string of the molecule is CNNC(=O)C1(c2csc3ccccc23)CC1. The van der Waals surface area contributed by atoms with Gasteiger partial charge in [-0.3, -0.25) is 10.2 Å². The molecule has 0 spiro atoms. The number of rotatable bonds is 3. The van der Waals surface area contributed by atoms with Gasteiger partial charge >= 0.3 is 0 Å². The Morgan fingerprint density at radius 2 is 2.12 bits per heavy atom. The standard InChI is InChI=1S/C13H14N2OS/c1-14-15-12(16)13(6-7-13)10-8-17-11-5-3-2-4-9(10)11/h2-5,8,14H,6-7H2,1H3,(H,15,16). The smallest absolute Gasteiger partial charge is 0.244 e. The Balaban J connectivity index is 2.07. The first-order chi connectivity index (χ1) is 8.28. The Hall–Kier alpha value is -1.39. The van der Waals surface area contributed by atoms with Crippen LogP contribution < -0.4 is 10.9 Å². The molecule has 2 N–H and O–H groups in total. The number of hydrazine groups is 1. The van der Waals surface area contributed by atoms with Crippen LogP contribution in [0.1, 0.15) is 18.4 Å². The normalized spacial score (nSPS) is 17.0. The minimum atomic E-state index is -0.289. The minimum Gasteiger partial charge on any atom is -0.291 e. The molecule has 1 aromatic carbocycles. The van der Waals surface area contributed by atoms with E-state index in [0.717, 1.165) is 12.8 Å². The van der Waals surface area contributed by atoms with Crippen LogP contribution in [0.5, 0.6) is 0 Å². The van der Waals surface area contributed by atoms with E-state index in [4.69, 9.17) is 0 Å². The summed E-state index contributed by atoms with van der Waals surface area (Å²) in [6.45, 7) is 0. The first-order valence-electron chi connectivity index (χ1n) is 5.72. The third-order valence-corrected chi connectivity index (χ3v) is 4.38. The summed E-state index contributed by atoms with van der Waals surface area (Å²) in [6, 6.07) is 8.28. The number of benzene rings is 1. The van der Waals surface area contributed by atoms with Crippen molar-refractivity contribution in [2.45, 2.75) is 18.3 Å². The average molecular weight is 246 g/mol. The molecule has 0 aliphatic heterocycles. The first-order valence-corrected chi connectivity index (χ1v) is 6.60. The zero-order valence-corrected chi connectivity index (χ0v) is 10.4. The summed E-state index contributed by atoms with van der Waals surface area (Å²) >= 11 is 1.72. The molecule has 0 saturated heterocycles. The highest BCUT2D eigenvalue weighted by Gasteiger charge is 2.52. The number of amides is 1. The van der Waals surface area contributed by atoms with Gasteiger partial charge in [-0.15, -0.1) is 11.3 Å². The third kappa shape index (κ3) is 1.56. The molecule has 1 fully saturated rings. The van der Waals surface area contributed by atoms with Gasteiger partial charge in [0.25, 0.3) is 0 Å². The van der Waals surface area contributed by atoms with E-state index in [1.165, 1.54) is 15.6 Å². The van der Waals surface area contributed by atoms with Gasteiger partial charge in [-0.25, -0.2) is 5.43 Å². The second-order valence-corrected chi connectivity index (χ2v) is 5.34. The van der Waals surface area contributed by atoms with E-state index in [0.29, 0.717) is 0 Å². The monoisotopic (exact) mass is 246 g/mol. The lowest BCUT2D eigenvalue weighted by atomic mass is 9.95. The molecule has 3 nitrogen and oxygen atoms in total. The van der Waals surface area contributed by atoms with Gasteiger partial charge in [0.2, 0.25) is 5.91 Å². The summed E-state index contributed by atoms with van der Waals surface area (Å²) < 4.78 is 1.26. The van der Waals surface area contributed by atoms with Crippen LogP contribution in [-0.4, -0.2) is 13.0 Å². The van der Waals surface area contributed by atoms with E-state index in [2.05, 4.69) is 28.4 Å². The highest BCUT2D eigenvalue weighted by atomic mass is 32.1. The van der Waals surface area contributed by atoms with Crippen LogP contribution in [0.2, 0.25) is 0 Å². The average Bonchev–Trinajstić information content (AvgIpc) is 3.04. The Labute approximate surface area is 104 Å². The summed E-state index contributed by atoms with van der Waals surface area (Å²) in [5, 5.41) is 3.36. The third-order valence-electron chi connectivity index (χ3n) is 3.42. The van der Waals surface area contributed by atoms with Gasteiger partial charge in [0.1, 0.15) is 0 Å². The lowest BCUT2D eigenvalue weighted by Crippen LogP contribution is -2.41. The molecule has 17 heavy (non-hydrogen) atoms. The fraction of sp³-hybridized carbons (Fsp3) is 0.308. The van der Waals surface area contributed by atoms with Crippen LogP contribution in [-0.2, 0) is 10.2 Å². The highest BCUT2D eigenvalue weighted by Crippen LogP contribution is 2.51. The number of hydrogen-bond donors (Lipinski definition) is 2. The maximum Gasteiger partial charge on any atom is 0.244 e. The van der Waals surface area contributed by atoms with Crippen LogP contribution in [0.4, 0.5) is 0 Å². The molecule has 0 atom stereocenters. The number of carbonyl (C=O) groups is 1. The maximum atomic E-state index is 12.1. The van der Waals surface area contributed by atoms with Gasteiger partial charge < -0.3 is 0 Å². The number of nitrogens with one attached hydrogen (secondary N) is 2. The van der Waals surface area contributed by atoms with Crippen molar-refractivity contribution in [2.75, 3.05) is 7.05 Å². The summed E-state index contributed by atoms with van der Waals surface area (Å²) in [4.78, 5) is 12.1. The van der Waals surface area contributed by atoms with E-state index in [1.54, 1.807) is 18.4 Å². The lowest BCUT2D eigenvalue weighted by molar-refractivity contribution is -0.124. The van der Waals surface area contributed by atoms with Crippen LogP contribution >= 0.6 is 11.3 Å². The van der Waals surface area contributed by atoms with Crippen molar-refractivity contribution in [3.63, 3.8) is 0 Å². The second-order valence-electron chi connectivity index (χ2n) is 4.43. The van der Waals surface area contributed by atoms with Gasteiger partial charge in [0, 0.05) is 11.7 Å². The van der Waals surface area contributed by atoms with Crippen molar-refractivity contribution in [1.29, 1.82) is 0 Å². The van der Waals surface area contributed by atoms with Gasteiger partial charge in [0.05, 0.1) is 5.41 Å². The number of hydrogen-bond acceptors (Lipinski definition) is 3. The van der Waals surface area contributed by atoms with Gasteiger partial charge in [-0.1, -0.05) is 18.2 Å². The summed E-state index contributed by atoms with van der Waals surface area (Å²) in [6.07, 6.45) is 1.89. The molecule has 0 unspecified atom stereocenters. The fourth-order valence-electron chi connectivity index (χ4n) is 2.33. The van der Waals surface area contributed by atoms with Crippen molar-refractivity contribution in [2.24, 2.45) is 0 Å². The van der Waals surface area contributed by atoms with Crippen LogP contribution in [0.25, 0.3) is 10.1 Å². The summed E-state index contributed by atoms with van der Waals surface area (Å²) in [5.41, 5.74) is 6.34. The largest absolute Gasteiger partial charge is 0.291 e. The van der Waals surface area contributed by atoms with Crippen LogP contribution in [0.15, 0.2) is 29.6 Å². The quantitative estimate of drug-likeness (QED) is 0.815. The van der Waals surface area contributed by atoms with Crippen molar-refractivity contribution in [3.8, 4) is 0 Å². The van der Waals surface area contributed by atoms with E-state index in [-0.39, 0.29) is 11.3 Å². The number of carbonyl (C=O) groups excluding carboxylic acids is 1. The molecule has 2 aromatic rings. The maximum absolute atomic E-state index is 12.1. The molecule has 1 saturated carbocycles. The predicted octanol–water partition coefficient (Wildman–Crippen LogP) is 2.18. The predicted molar refractivity (Wildman–Crippen MR) is 69.9 cm³/mol. The zero-order chi connectivity index (χ0) is 11.9. The number of fused-ring (bicyclic) bond motifs is 1.